The number of fused-ring (bicyclic) bond motifs is 2. The lowest BCUT2D eigenvalue weighted by molar-refractivity contribution is -0.750. The number of hydrogen-bond donors (Lipinski definition) is 1. The van der Waals surface area contributed by atoms with E-state index < -0.39 is 5.82 Å². The predicted molar refractivity (Wildman–Crippen MR) is 130 cm³/mol. The predicted octanol–water partition coefficient (Wildman–Crippen LogP) is 5.75. The van der Waals surface area contributed by atoms with Gasteiger partial charge in [0.1, 0.15) is 11.7 Å². The number of allylic oxidation sites excluding steroid dienone is 1. The number of amidine groups is 1. The van der Waals surface area contributed by atoms with Gasteiger partial charge in [-0.2, -0.15) is 10.8 Å². The molecule has 0 radical (unpaired) electrons. The minimum Gasteiger partial charge on any atom is -0.253 e. The highest BCUT2D eigenvalue weighted by Gasteiger charge is 2.46. The number of nitrogens with two attached hydrogens (primary N) is 1. The van der Waals surface area contributed by atoms with Crippen LogP contribution in [0.15, 0.2) is 87.7 Å². The third-order valence-electron chi connectivity index (χ3n) is 5.27. The largest absolute Gasteiger partial charge is 0.268 e. The van der Waals surface area contributed by atoms with Gasteiger partial charge >= 0.3 is 0 Å². The summed E-state index contributed by atoms with van der Waals surface area (Å²) >= 11 is 1.59. The minimum atomic E-state index is -0.431. The van der Waals surface area contributed by atoms with Gasteiger partial charge in [-0.3, -0.25) is 4.99 Å². The highest BCUT2D eigenvalue weighted by Crippen LogP contribution is 2.42. The number of nitrogens with zero attached hydrogens (tertiary/aromatic N) is 4. The van der Waals surface area contributed by atoms with Crippen molar-refractivity contribution in [3.63, 3.8) is 0 Å². The van der Waals surface area contributed by atoms with E-state index in [9.17, 15) is 0 Å². The molecule has 0 saturated heterocycles. The lowest BCUT2D eigenvalue weighted by Crippen LogP contribution is -2.53. The van der Waals surface area contributed by atoms with Crippen LogP contribution in [-0.4, -0.2) is 26.4 Å². The van der Waals surface area contributed by atoms with E-state index in [4.69, 9.17) is 10.8 Å². The van der Waals surface area contributed by atoms with Crippen molar-refractivity contribution in [1.29, 1.82) is 0 Å². The number of halogens is 1. The zero-order valence-electron chi connectivity index (χ0n) is 18.1. The molecule has 0 fully saturated rings. The summed E-state index contributed by atoms with van der Waals surface area (Å²) in [6.45, 7) is 6.31. The number of aliphatic imine (C=N–C) groups is 2. The number of benzene rings is 2. The van der Waals surface area contributed by atoms with Gasteiger partial charge in [0.15, 0.2) is 10.8 Å². The van der Waals surface area contributed by atoms with Crippen LogP contribution < -0.4 is 5.84 Å². The Morgan fingerprint density at radius 3 is 2.50 bits per heavy atom. The summed E-state index contributed by atoms with van der Waals surface area (Å²) in [4.78, 5) is 13.7. The molecule has 2 aliphatic heterocycles. The molecule has 0 aliphatic carbocycles. The molecule has 160 valence electrons. The summed E-state index contributed by atoms with van der Waals surface area (Å²) in [6, 6.07) is 17.1. The summed E-state index contributed by atoms with van der Waals surface area (Å²) in [7, 11) is 0. The second-order valence-electron chi connectivity index (χ2n) is 8.76. The number of quaternary nitrogens is 1. The highest BCUT2D eigenvalue weighted by atomic mass is 32.2. The van der Waals surface area contributed by atoms with Crippen LogP contribution in [0, 0.1) is 5.82 Å². The molecule has 1 unspecified atom stereocenters. The van der Waals surface area contributed by atoms with Crippen molar-refractivity contribution in [2.75, 3.05) is 0 Å². The fraction of sp³-hybridized carbons (Fsp3) is 0.160. The molecular formula is C25H23FN5S+. The smallest absolute Gasteiger partial charge is 0.253 e. The van der Waals surface area contributed by atoms with Crippen molar-refractivity contribution in [2.45, 2.75) is 25.5 Å². The maximum atomic E-state index is 15.9. The lowest BCUT2D eigenvalue weighted by Gasteiger charge is -2.26. The zero-order valence-corrected chi connectivity index (χ0v) is 18.9. The first-order valence-corrected chi connectivity index (χ1v) is 11.1. The first-order chi connectivity index (χ1) is 15.3. The maximum absolute atomic E-state index is 15.9. The summed E-state index contributed by atoms with van der Waals surface area (Å²) in [5.74, 6) is 6.74. The Bertz CT molecular complexity index is 1350. The number of rotatable bonds is 3. The number of hydrogen-bond acceptors (Lipinski definition) is 5. The Kier molecular flexibility index (Phi) is 4.85. The van der Waals surface area contributed by atoms with Crippen LogP contribution in [0.1, 0.15) is 26.3 Å². The second kappa shape index (κ2) is 7.48. The van der Waals surface area contributed by atoms with Gasteiger partial charge in [0.05, 0.1) is 23.7 Å². The lowest BCUT2D eigenvalue weighted by atomic mass is 10.1. The van der Waals surface area contributed by atoms with E-state index in [1.54, 1.807) is 36.4 Å². The standard InChI is InChI=1S/C25H23FN5S/c1-25(2,3)32-24-20-15-28-13-14-31(20,27)23(30-24)18-11-9-17-10-12-19(29-22(17)21(18)26)16-7-5-4-6-8-16/h4-15H,27H2,1-3H3/q+1. The molecule has 2 aromatic carbocycles. The molecule has 0 amide bonds. The van der Waals surface area contributed by atoms with E-state index in [-0.39, 0.29) is 9.34 Å². The van der Waals surface area contributed by atoms with Crippen molar-refractivity contribution >= 4 is 34.7 Å². The molecule has 3 aromatic rings. The molecule has 3 heterocycles. The summed E-state index contributed by atoms with van der Waals surface area (Å²) in [6.07, 6.45) is 5.05. The van der Waals surface area contributed by atoms with Gasteiger partial charge in [0.25, 0.3) is 5.84 Å². The SMILES string of the molecule is CC(C)(C)SC1=C2C=NC=C[N+]2(N)C(c2ccc3ccc(-c4ccccc4)nc3c2F)=N1. The molecule has 5 nitrogen and oxygen atoms in total. The highest BCUT2D eigenvalue weighted by molar-refractivity contribution is 8.04. The Morgan fingerprint density at radius 2 is 1.75 bits per heavy atom. The Hall–Kier alpha value is -3.13. The van der Waals surface area contributed by atoms with Gasteiger partial charge in [0.2, 0.25) is 5.70 Å². The average molecular weight is 445 g/mol. The zero-order chi connectivity index (χ0) is 22.5. The van der Waals surface area contributed by atoms with E-state index in [2.05, 4.69) is 30.7 Å². The summed E-state index contributed by atoms with van der Waals surface area (Å²) in [5, 5.41) is 1.47. The van der Waals surface area contributed by atoms with Gasteiger partial charge in [0, 0.05) is 15.7 Å². The van der Waals surface area contributed by atoms with Gasteiger partial charge in [-0.05, 0) is 12.1 Å². The van der Waals surface area contributed by atoms with Crippen molar-refractivity contribution in [1.82, 2.24) is 4.98 Å². The van der Waals surface area contributed by atoms with Crippen LogP contribution in [0.4, 0.5) is 4.39 Å². The van der Waals surface area contributed by atoms with Crippen molar-refractivity contribution < 1.29 is 8.98 Å². The fourth-order valence-electron chi connectivity index (χ4n) is 3.79. The maximum Gasteiger partial charge on any atom is 0.268 e. The Balaban J connectivity index is 1.66. The minimum absolute atomic E-state index is 0.0881. The third kappa shape index (κ3) is 3.48. The van der Waals surface area contributed by atoms with E-state index >= 15 is 4.39 Å². The van der Waals surface area contributed by atoms with Gasteiger partial charge in [-0.1, -0.05) is 75.0 Å². The van der Waals surface area contributed by atoms with Crippen LogP contribution in [0.2, 0.25) is 0 Å². The molecule has 1 atom stereocenters. The van der Waals surface area contributed by atoms with E-state index in [1.165, 1.54) is 0 Å². The van der Waals surface area contributed by atoms with Gasteiger partial charge < -0.3 is 0 Å². The van der Waals surface area contributed by atoms with Crippen molar-refractivity contribution in [3.8, 4) is 11.3 Å². The van der Waals surface area contributed by atoms with Crippen molar-refractivity contribution in [3.05, 3.63) is 89.1 Å². The summed E-state index contributed by atoms with van der Waals surface area (Å²) < 4.78 is 15.6. The average Bonchev–Trinajstić information content (AvgIpc) is 3.05. The number of thioether (sulfide) groups is 1. The van der Waals surface area contributed by atoms with Crippen LogP contribution in [0.5, 0.6) is 0 Å². The monoisotopic (exact) mass is 444 g/mol. The van der Waals surface area contributed by atoms with Crippen LogP contribution in [0.3, 0.4) is 0 Å². The molecular weight excluding hydrogens is 421 g/mol. The second-order valence-corrected chi connectivity index (χ2v) is 10.6. The summed E-state index contributed by atoms with van der Waals surface area (Å²) in [5.41, 5.74) is 3.01. The molecule has 2 N–H and O–H groups in total. The number of pyridine rings is 1. The van der Waals surface area contributed by atoms with Crippen LogP contribution in [0.25, 0.3) is 22.2 Å². The van der Waals surface area contributed by atoms with Crippen LogP contribution in [-0.2, 0) is 0 Å². The molecule has 2 aliphatic rings. The van der Waals surface area contributed by atoms with Crippen molar-refractivity contribution in [2.24, 2.45) is 15.8 Å². The van der Waals surface area contributed by atoms with Gasteiger partial charge in [-0.15, -0.1) is 4.59 Å². The van der Waals surface area contributed by atoms with E-state index in [0.717, 1.165) is 21.7 Å². The number of aromatic nitrogens is 1. The first kappa shape index (κ1) is 20.8. The Labute approximate surface area is 190 Å². The first-order valence-electron chi connectivity index (χ1n) is 10.3. The normalized spacial score (nSPS) is 20.1. The molecule has 7 heteroatoms. The molecule has 1 aromatic heterocycles. The van der Waals surface area contributed by atoms with Crippen LogP contribution >= 0.6 is 11.8 Å². The topological polar surface area (TPSA) is 63.6 Å². The molecule has 5 rings (SSSR count). The molecule has 0 bridgehead atoms. The van der Waals surface area contributed by atoms with E-state index in [1.807, 2.05) is 48.5 Å². The Morgan fingerprint density at radius 1 is 1.00 bits per heavy atom. The van der Waals surface area contributed by atoms with E-state index in [0.29, 0.717) is 22.6 Å². The molecule has 0 saturated carbocycles. The third-order valence-corrected chi connectivity index (χ3v) is 6.38. The fourth-order valence-corrected chi connectivity index (χ4v) is 4.81. The molecule has 0 spiro atoms. The molecule has 32 heavy (non-hydrogen) atoms. The van der Waals surface area contributed by atoms with Gasteiger partial charge in [-0.25, -0.2) is 9.37 Å². The quantitative estimate of drug-likeness (QED) is 0.413.